The van der Waals surface area contributed by atoms with Crippen molar-refractivity contribution in [2.24, 2.45) is 0 Å². The maximum Gasteiger partial charge on any atom is 0.255 e. The molecule has 112 valence electrons. The molecule has 2 aromatic carbocycles. The van der Waals surface area contributed by atoms with E-state index in [0.717, 1.165) is 18.8 Å². The molecule has 0 fully saturated rings. The molecule has 0 aliphatic carbocycles. The molecule has 0 radical (unpaired) electrons. The Hall–Kier alpha value is -2.80. The van der Waals surface area contributed by atoms with Gasteiger partial charge in [0, 0.05) is 18.7 Å². The summed E-state index contributed by atoms with van der Waals surface area (Å²) in [6.45, 7) is 5.70. The Morgan fingerprint density at radius 1 is 1.09 bits per heavy atom. The lowest BCUT2D eigenvalue weighted by atomic mass is 10.1. The summed E-state index contributed by atoms with van der Waals surface area (Å²) in [4.78, 5) is 14.4. The lowest BCUT2D eigenvalue weighted by Gasteiger charge is -2.23. The predicted octanol–water partition coefficient (Wildman–Crippen LogP) is 3.66. The van der Waals surface area contributed by atoms with Crippen molar-refractivity contribution in [1.82, 2.24) is 0 Å². The van der Waals surface area contributed by atoms with Crippen molar-refractivity contribution in [3.05, 3.63) is 59.7 Å². The Balaban J connectivity index is 2.34. The maximum absolute atomic E-state index is 12.3. The van der Waals surface area contributed by atoms with Gasteiger partial charge in [0.1, 0.15) is 6.07 Å². The van der Waals surface area contributed by atoms with Crippen LogP contribution in [0.3, 0.4) is 0 Å². The molecular formula is C18H19N3O. The van der Waals surface area contributed by atoms with Crippen LogP contribution in [0.2, 0.25) is 0 Å². The highest BCUT2D eigenvalue weighted by molar-refractivity contribution is 6.05. The third-order valence-corrected chi connectivity index (χ3v) is 3.54. The molecule has 0 saturated heterocycles. The van der Waals surface area contributed by atoms with Crippen LogP contribution in [0.1, 0.15) is 29.8 Å². The third-order valence-electron chi connectivity index (χ3n) is 3.54. The van der Waals surface area contributed by atoms with Crippen molar-refractivity contribution in [1.29, 1.82) is 5.26 Å². The molecule has 0 saturated carbocycles. The van der Waals surface area contributed by atoms with Crippen LogP contribution in [-0.2, 0) is 0 Å². The first-order valence-corrected chi connectivity index (χ1v) is 7.35. The first-order valence-electron chi connectivity index (χ1n) is 7.35. The summed E-state index contributed by atoms with van der Waals surface area (Å²) in [5.41, 5.74) is 2.45. The summed E-state index contributed by atoms with van der Waals surface area (Å²) in [7, 11) is 0. The molecule has 4 nitrogen and oxygen atoms in total. The molecule has 1 N–H and O–H groups in total. The van der Waals surface area contributed by atoms with Gasteiger partial charge in [-0.25, -0.2) is 0 Å². The van der Waals surface area contributed by atoms with Crippen LogP contribution in [0, 0.1) is 11.3 Å². The summed E-state index contributed by atoms with van der Waals surface area (Å²) >= 11 is 0. The average molecular weight is 293 g/mol. The van der Waals surface area contributed by atoms with Gasteiger partial charge >= 0.3 is 0 Å². The molecule has 0 heterocycles. The zero-order valence-electron chi connectivity index (χ0n) is 12.8. The Labute approximate surface area is 131 Å². The predicted molar refractivity (Wildman–Crippen MR) is 89.1 cm³/mol. The molecule has 0 aliphatic heterocycles. The van der Waals surface area contributed by atoms with Crippen molar-refractivity contribution in [3.63, 3.8) is 0 Å². The van der Waals surface area contributed by atoms with Gasteiger partial charge in [-0.3, -0.25) is 4.79 Å². The standard InChI is InChI=1S/C18H19N3O/c1-3-21(4-2)17-12-8-11-16(15(17)13-19)20-18(22)14-9-6-5-7-10-14/h5-12H,3-4H2,1-2H3,(H,20,22). The first-order chi connectivity index (χ1) is 10.7. The van der Waals surface area contributed by atoms with Gasteiger partial charge in [-0.15, -0.1) is 0 Å². The first kappa shape index (κ1) is 15.6. The molecule has 4 heteroatoms. The largest absolute Gasteiger partial charge is 0.371 e. The molecule has 22 heavy (non-hydrogen) atoms. The SMILES string of the molecule is CCN(CC)c1cccc(NC(=O)c2ccccc2)c1C#N. The van der Waals surface area contributed by atoms with Crippen LogP contribution in [0.25, 0.3) is 0 Å². The highest BCUT2D eigenvalue weighted by atomic mass is 16.1. The number of nitriles is 1. The molecular weight excluding hydrogens is 274 g/mol. The lowest BCUT2D eigenvalue weighted by molar-refractivity contribution is 0.102. The Morgan fingerprint density at radius 2 is 1.77 bits per heavy atom. The number of amides is 1. The summed E-state index contributed by atoms with van der Waals surface area (Å²) < 4.78 is 0. The fourth-order valence-corrected chi connectivity index (χ4v) is 2.37. The molecule has 2 aromatic rings. The minimum Gasteiger partial charge on any atom is -0.371 e. The van der Waals surface area contributed by atoms with Gasteiger partial charge in [-0.2, -0.15) is 5.26 Å². The minimum atomic E-state index is -0.214. The van der Waals surface area contributed by atoms with Crippen LogP contribution in [-0.4, -0.2) is 19.0 Å². The topological polar surface area (TPSA) is 56.1 Å². The summed E-state index contributed by atoms with van der Waals surface area (Å²) in [5, 5.41) is 12.3. The fourth-order valence-electron chi connectivity index (χ4n) is 2.37. The van der Waals surface area contributed by atoms with Gasteiger partial charge in [0.2, 0.25) is 0 Å². The number of rotatable bonds is 5. The molecule has 0 spiro atoms. The van der Waals surface area contributed by atoms with E-state index in [-0.39, 0.29) is 5.91 Å². The monoisotopic (exact) mass is 293 g/mol. The quantitative estimate of drug-likeness (QED) is 0.915. The number of anilines is 2. The smallest absolute Gasteiger partial charge is 0.255 e. The van der Waals surface area contributed by atoms with Crippen molar-refractivity contribution in [3.8, 4) is 6.07 Å². The number of hydrogen-bond acceptors (Lipinski definition) is 3. The van der Waals surface area contributed by atoms with Crippen molar-refractivity contribution >= 4 is 17.3 Å². The normalized spacial score (nSPS) is 9.86. The fraction of sp³-hybridized carbons (Fsp3) is 0.222. The molecule has 0 unspecified atom stereocenters. The number of nitrogens with one attached hydrogen (secondary N) is 1. The number of carbonyl (C=O) groups excluding carboxylic acids is 1. The van der Waals surface area contributed by atoms with E-state index in [4.69, 9.17) is 0 Å². The second kappa shape index (κ2) is 7.28. The zero-order chi connectivity index (χ0) is 15.9. The van der Waals surface area contributed by atoms with E-state index in [1.54, 1.807) is 18.2 Å². The van der Waals surface area contributed by atoms with Crippen LogP contribution >= 0.6 is 0 Å². The van der Waals surface area contributed by atoms with E-state index in [2.05, 4.69) is 16.3 Å². The minimum absolute atomic E-state index is 0.214. The Morgan fingerprint density at radius 3 is 2.36 bits per heavy atom. The number of benzene rings is 2. The second-order valence-corrected chi connectivity index (χ2v) is 4.80. The highest BCUT2D eigenvalue weighted by Crippen LogP contribution is 2.27. The Kier molecular flexibility index (Phi) is 5.16. The van der Waals surface area contributed by atoms with E-state index < -0.39 is 0 Å². The Bertz CT molecular complexity index is 685. The molecule has 0 aliphatic rings. The van der Waals surface area contributed by atoms with Crippen molar-refractivity contribution < 1.29 is 4.79 Å². The molecule has 0 atom stereocenters. The summed E-state index contributed by atoms with van der Waals surface area (Å²) in [5.74, 6) is -0.214. The van der Waals surface area contributed by atoms with Gasteiger partial charge in [0.05, 0.1) is 16.9 Å². The van der Waals surface area contributed by atoms with Gasteiger partial charge < -0.3 is 10.2 Å². The highest BCUT2D eigenvalue weighted by Gasteiger charge is 2.14. The van der Waals surface area contributed by atoms with Crippen LogP contribution < -0.4 is 10.2 Å². The zero-order valence-corrected chi connectivity index (χ0v) is 12.8. The maximum atomic E-state index is 12.3. The summed E-state index contributed by atoms with van der Waals surface area (Å²) in [6, 6.07) is 16.7. The van der Waals surface area contributed by atoms with Crippen LogP contribution in [0.5, 0.6) is 0 Å². The molecule has 1 amide bonds. The summed E-state index contributed by atoms with van der Waals surface area (Å²) in [6.07, 6.45) is 0. The second-order valence-electron chi connectivity index (χ2n) is 4.80. The average Bonchev–Trinajstić information content (AvgIpc) is 2.57. The van der Waals surface area contributed by atoms with Gasteiger partial charge in [0.15, 0.2) is 0 Å². The van der Waals surface area contributed by atoms with Crippen LogP contribution in [0.4, 0.5) is 11.4 Å². The molecule has 2 rings (SSSR count). The third kappa shape index (κ3) is 3.26. The van der Waals surface area contributed by atoms with Gasteiger partial charge in [-0.1, -0.05) is 24.3 Å². The molecule has 0 bridgehead atoms. The van der Waals surface area contributed by atoms with E-state index >= 15 is 0 Å². The lowest BCUT2D eigenvalue weighted by Crippen LogP contribution is -2.23. The van der Waals surface area contributed by atoms with Crippen LogP contribution in [0.15, 0.2) is 48.5 Å². The van der Waals surface area contributed by atoms with E-state index in [1.165, 1.54) is 0 Å². The number of hydrogen-bond donors (Lipinski definition) is 1. The van der Waals surface area contributed by atoms with Gasteiger partial charge in [-0.05, 0) is 38.1 Å². The van der Waals surface area contributed by atoms with Gasteiger partial charge in [0.25, 0.3) is 5.91 Å². The number of nitrogens with zero attached hydrogens (tertiary/aromatic N) is 2. The van der Waals surface area contributed by atoms with E-state index in [0.29, 0.717) is 16.8 Å². The van der Waals surface area contributed by atoms with E-state index in [1.807, 2.05) is 44.2 Å². The van der Waals surface area contributed by atoms with Crippen molar-refractivity contribution in [2.45, 2.75) is 13.8 Å². The number of carbonyl (C=O) groups is 1. The molecule has 0 aromatic heterocycles. The van der Waals surface area contributed by atoms with E-state index in [9.17, 15) is 10.1 Å². The van der Waals surface area contributed by atoms with Crippen molar-refractivity contribution in [2.75, 3.05) is 23.3 Å².